The van der Waals surface area contributed by atoms with Crippen LogP contribution in [0, 0.1) is 5.92 Å². The van der Waals surface area contributed by atoms with Gasteiger partial charge in [0.2, 0.25) is 5.91 Å². The molecule has 0 bridgehead atoms. The average Bonchev–Trinajstić information content (AvgIpc) is 2.80. The number of nitrogens with zero attached hydrogens (tertiary/aromatic N) is 1. The molecule has 1 aromatic rings. The molecule has 0 saturated heterocycles. The quantitative estimate of drug-likeness (QED) is 0.709. The van der Waals surface area contributed by atoms with Crippen LogP contribution in [0.2, 0.25) is 0 Å². The van der Waals surface area contributed by atoms with Gasteiger partial charge >= 0.3 is 0 Å². The van der Waals surface area contributed by atoms with Crippen LogP contribution in [0.25, 0.3) is 0 Å². The average molecular weight is 269 g/mol. The zero-order valence-corrected chi connectivity index (χ0v) is 12.3. The van der Waals surface area contributed by atoms with Gasteiger partial charge in [-0.3, -0.25) is 4.79 Å². The van der Waals surface area contributed by atoms with E-state index in [-0.39, 0.29) is 5.91 Å². The zero-order valence-electron chi connectivity index (χ0n) is 11.5. The van der Waals surface area contributed by atoms with Crippen molar-refractivity contribution < 1.29 is 4.79 Å². The maximum absolute atomic E-state index is 11.4. The number of hydrogen-bond acceptors (Lipinski definition) is 4. The van der Waals surface area contributed by atoms with Crippen LogP contribution in [0.5, 0.6) is 0 Å². The third-order valence-electron chi connectivity index (χ3n) is 2.44. The summed E-state index contributed by atoms with van der Waals surface area (Å²) in [6.45, 7) is 8.56. The molecule has 1 aromatic heterocycles. The van der Waals surface area contributed by atoms with Gasteiger partial charge in [-0.15, -0.1) is 11.3 Å². The molecule has 0 aliphatic rings. The van der Waals surface area contributed by atoms with Crippen LogP contribution in [-0.4, -0.2) is 24.0 Å². The molecule has 5 heteroatoms. The van der Waals surface area contributed by atoms with E-state index < -0.39 is 0 Å². The Morgan fingerprint density at radius 1 is 1.50 bits per heavy atom. The summed E-state index contributed by atoms with van der Waals surface area (Å²) >= 11 is 1.73. The summed E-state index contributed by atoms with van der Waals surface area (Å²) in [5.41, 5.74) is 0. The van der Waals surface area contributed by atoms with Crippen LogP contribution in [0.15, 0.2) is 6.20 Å². The number of carbonyl (C=O) groups excluding carboxylic acids is 1. The molecule has 4 nitrogen and oxygen atoms in total. The molecular formula is C13H23N3OS. The summed E-state index contributed by atoms with van der Waals surface area (Å²) in [5, 5.41) is 7.34. The van der Waals surface area contributed by atoms with Crippen molar-refractivity contribution in [2.24, 2.45) is 5.92 Å². The van der Waals surface area contributed by atoms with Crippen LogP contribution in [0.1, 0.15) is 37.1 Å². The van der Waals surface area contributed by atoms with Gasteiger partial charge in [0.15, 0.2) is 0 Å². The van der Waals surface area contributed by atoms with Gasteiger partial charge in [0.05, 0.1) is 5.01 Å². The molecule has 0 radical (unpaired) electrons. The Morgan fingerprint density at radius 3 is 2.89 bits per heavy atom. The van der Waals surface area contributed by atoms with E-state index in [4.69, 9.17) is 0 Å². The van der Waals surface area contributed by atoms with Gasteiger partial charge in [0, 0.05) is 37.1 Å². The highest BCUT2D eigenvalue weighted by molar-refractivity contribution is 7.11. The van der Waals surface area contributed by atoms with E-state index in [2.05, 4.69) is 36.4 Å². The fourth-order valence-corrected chi connectivity index (χ4v) is 2.25. The number of amides is 1. The van der Waals surface area contributed by atoms with Crippen molar-refractivity contribution >= 4 is 17.2 Å². The van der Waals surface area contributed by atoms with Gasteiger partial charge in [-0.05, 0) is 12.3 Å². The number of aryl methyl sites for hydroxylation is 1. The Morgan fingerprint density at radius 2 is 2.28 bits per heavy atom. The van der Waals surface area contributed by atoms with Gasteiger partial charge in [0.25, 0.3) is 0 Å². The summed E-state index contributed by atoms with van der Waals surface area (Å²) in [6, 6.07) is 0. The van der Waals surface area contributed by atoms with Gasteiger partial charge < -0.3 is 10.6 Å². The van der Waals surface area contributed by atoms with E-state index in [0.717, 1.165) is 19.5 Å². The minimum Gasteiger partial charge on any atom is -0.356 e. The zero-order chi connectivity index (χ0) is 13.4. The first kappa shape index (κ1) is 15.1. The third-order valence-corrected chi connectivity index (χ3v) is 3.58. The molecule has 1 heterocycles. The first-order valence-electron chi connectivity index (χ1n) is 6.52. The van der Waals surface area contributed by atoms with Gasteiger partial charge in [-0.2, -0.15) is 0 Å². The van der Waals surface area contributed by atoms with Crippen LogP contribution >= 0.6 is 11.3 Å². The number of rotatable bonds is 8. The molecule has 1 amide bonds. The highest BCUT2D eigenvalue weighted by atomic mass is 32.1. The van der Waals surface area contributed by atoms with Gasteiger partial charge in [0.1, 0.15) is 0 Å². The normalized spacial score (nSPS) is 10.9. The third kappa shape index (κ3) is 6.12. The molecule has 0 aliphatic carbocycles. The molecular weight excluding hydrogens is 246 g/mol. The summed E-state index contributed by atoms with van der Waals surface area (Å²) in [7, 11) is 0. The predicted molar refractivity (Wildman–Crippen MR) is 75.7 cm³/mol. The minimum atomic E-state index is 0.120. The van der Waals surface area contributed by atoms with Crippen molar-refractivity contribution in [3.05, 3.63) is 16.1 Å². The molecule has 2 N–H and O–H groups in total. The van der Waals surface area contributed by atoms with Crippen LogP contribution < -0.4 is 10.6 Å². The lowest BCUT2D eigenvalue weighted by molar-refractivity contribution is -0.121. The Hall–Kier alpha value is -0.940. The van der Waals surface area contributed by atoms with Crippen molar-refractivity contribution in [2.75, 3.05) is 13.1 Å². The largest absolute Gasteiger partial charge is 0.356 e. The molecule has 0 aromatic carbocycles. The van der Waals surface area contributed by atoms with E-state index in [1.165, 1.54) is 9.88 Å². The molecule has 0 unspecified atom stereocenters. The Bertz CT molecular complexity index is 363. The second-order valence-corrected chi connectivity index (χ2v) is 5.90. The summed E-state index contributed by atoms with van der Waals surface area (Å²) in [5.74, 6) is 0.626. The fourth-order valence-electron chi connectivity index (χ4n) is 1.41. The van der Waals surface area contributed by atoms with Crippen molar-refractivity contribution in [3.63, 3.8) is 0 Å². The lowest BCUT2D eigenvalue weighted by Crippen LogP contribution is -2.30. The summed E-state index contributed by atoms with van der Waals surface area (Å²) in [6.07, 6.45) is 3.43. The topological polar surface area (TPSA) is 54.0 Å². The summed E-state index contributed by atoms with van der Waals surface area (Å²) in [4.78, 5) is 17.0. The highest BCUT2D eigenvalue weighted by Gasteiger charge is 2.03. The second-order valence-electron chi connectivity index (χ2n) is 4.70. The number of hydrogen-bond donors (Lipinski definition) is 2. The predicted octanol–water partition coefficient (Wildman–Crippen LogP) is 1.96. The van der Waals surface area contributed by atoms with E-state index in [1.54, 1.807) is 11.3 Å². The molecule has 0 fully saturated rings. The number of thiazole rings is 1. The molecule has 1 rings (SSSR count). The van der Waals surface area contributed by atoms with E-state index in [0.29, 0.717) is 18.9 Å². The van der Waals surface area contributed by atoms with Crippen molar-refractivity contribution in [1.29, 1.82) is 0 Å². The second kappa shape index (κ2) is 8.21. The first-order chi connectivity index (χ1) is 8.61. The van der Waals surface area contributed by atoms with Crippen molar-refractivity contribution in [3.8, 4) is 0 Å². The standard InChI is InChI=1S/C13H23N3OS/c1-4-13-16-9-11(18-13)8-14-6-5-12(17)15-7-10(2)3/h9-10,14H,4-8H2,1-3H3,(H,15,17). The molecule has 0 atom stereocenters. The Labute approximate surface area is 113 Å². The summed E-state index contributed by atoms with van der Waals surface area (Å²) < 4.78 is 0. The van der Waals surface area contributed by atoms with E-state index >= 15 is 0 Å². The smallest absolute Gasteiger partial charge is 0.221 e. The Balaban J connectivity index is 2.09. The molecule has 0 saturated carbocycles. The van der Waals surface area contributed by atoms with Crippen molar-refractivity contribution in [1.82, 2.24) is 15.6 Å². The number of aromatic nitrogens is 1. The maximum atomic E-state index is 11.4. The van der Waals surface area contributed by atoms with E-state index in [1.807, 2.05) is 6.20 Å². The van der Waals surface area contributed by atoms with Crippen LogP contribution in [-0.2, 0) is 17.8 Å². The van der Waals surface area contributed by atoms with Gasteiger partial charge in [-0.1, -0.05) is 20.8 Å². The van der Waals surface area contributed by atoms with Crippen LogP contribution in [0.4, 0.5) is 0 Å². The van der Waals surface area contributed by atoms with Crippen molar-refractivity contribution in [2.45, 2.75) is 40.2 Å². The number of nitrogens with one attached hydrogen (secondary N) is 2. The molecule has 0 aliphatic heterocycles. The first-order valence-corrected chi connectivity index (χ1v) is 7.34. The van der Waals surface area contributed by atoms with Gasteiger partial charge in [-0.25, -0.2) is 4.98 Å². The lowest BCUT2D eigenvalue weighted by atomic mass is 10.2. The Kier molecular flexibility index (Phi) is 6.90. The fraction of sp³-hybridized carbons (Fsp3) is 0.692. The molecule has 102 valence electrons. The molecule has 18 heavy (non-hydrogen) atoms. The minimum absolute atomic E-state index is 0.120. The monoisotopic (exact) mass is 269 g/mol. The van der Waals surface area contributed by atoms with Crippen LogP contribution in [0.3, 0.4) is 0 Å². The lowest BCUT2D eigenvalue weighted by Gasteiger charge is -2.07. The SMILES string of the molecule is CCc1ncc(CNCCC(=O)NCC(C)C)s1. The number of carbonyl (C=O) groups is 1. The van der Waals surface area contributed by atoms with E-state index in [9.17, 15) is 4.79 Å². The highest BCUT2D eigenvalue weighted by Crippen LogP contribution is 2.12. The molecule has 0 spiro atoms. The maximum Gasteiger partial charge on any atom is 0.221 e.